The Bertz CT molecular complexity index is 633. The maximum absolute atomic E-state index is 5.65. The molecule has 0 amide bonds. The first-order chi connectivity index (χ1) is 8.81. The molecule has 3 aromatic rings. The van der Waals surface area contributed by atoms with E-state index in [-0.39, 0.29) is 5.95 Å². The van der Waals surface area contributed by atoms with Gasteiger partial charge in [-0.05, 0) is 17.8 Å². The summed E-state index contributed by atoms with van der Waals surface area (Å²) in [5.74, 6) is 0.520. The molecule has 0 unspecified atom stereocenters. The van der Waals surface area contributed by atoms with Crippen molar-refractivity contribution in [3.8, 4) is 5.95 Å². The fourth-order valence-electron chi connectivity index (χ4n) is 1.29. The summed E-state index contributed by atoms with van der Waals surface area (Å²) in [4.78, 5) is 19.3. The first-order valence-electron chi connectivity index (χ1n) is 5.00. The van der Waals surface area contributed by atoms with Gasteiger partial charge in [0.1, 0.15) is 0 Å². The fourth-order valence-corrected chi connectivity index (χ4v) is 1.97. The molecule has 3 aromatic heterocycles. The smallest absolute Gasteiger partial charge is 0.256 e. The summed E-state index contributed by atoms with van der Waals surface area (Å²) in [5, 5.41) is 5.19. The van der Waals surface area contributed by atoms with E-state index < -0.39 is 0 Å². The molecule has 0 aliphatic heterocycles. The van der Waals surface area contributed by atoms with Gasteiger partial charge in [0.15, 0.2) is 5.16 Å². The molecule has 0 saturated heterocycles. The minimum atomic E-state index is 0.143. The molecule has 0 aromatic carbocycles. The average molecular weight is 260 g/mol. The van der Waals surface area contributed by atoms with Crippen LogP contribution in [0, 0.1) is 0 Å². The summed E-state index contributed by atoms with van der Waals surface area (Å²) in [6.07, 6.45) is 6.75. The lowest BCUT2D eigenvalue weighted by atomic mass is 10.7. The monoisotopic (exact) mass is 260 g/mol. The lowest BCUT2D eigenvalue weighted by Crippen LogP contribution is -2.07. The highest BCUT2D eigenvalue weighted by Gasteiger charge is 2.09. The molecule has 3 heterocycles. The number of nitrogens with one attached hydrogen (secondary N) is 1. The Kier molecular flexibility index (Phi) is 2.65. The second-order valence-corrected chi connectivity index (χ2v) is 4.18. The highest BCUT2D eigenvalue weighted by atomic mass is 32.2. The summed E-state index contributed by atoms with van der Waals surface area (Å²) < 4.78 is 1.52. The molecule has 0 saturated carbocycles. The zero-order valence-electron chi connectivity index (χ0n) is 9.06. The van der Waals surface area contributed by atoms with Crippen molar-refractivity contribution >= 4 is 17.7 Å². The van der Waals surface area contributed by atoms with Gasteiger partial charge in [-0.25, -0.2) is 9.67 Å². The molecule has 3 rings (SSSR count). The normalized spacial score (nSPS) is 10.7. The molecule has 9 heteroatoms. The second kappa shape index (κ2) is 4.45. The van der Waals surface area contributed by atoms with Crippen molar-refractivity contribution in [2.75, 3.05) is 5.73 Å². The van der Waals surface area contributed by atoms with Crippen LogP contribution in [-0.4, -0.2) is 34.7 Å². The highest BCUT2D eigenvalue weighted by Crippen LogP contribution is 2.21. The van der Waals surface area contributed by atoms with Crippen LogP contribution in [0.15, 0.2) is 41.2 Å². The van der Waals surface area contributed by atoms with Crippen molar-refractivity contribution in [3.63, 3.8) is 0 Å². The van der Waals surface area contributed by atoms with Crippen LogP contribution in [0.4, 0.5) is 5.95 Å². The highest BCUT2D eigenvalue weighted by molar-refractivity contribution is 7.99. The van der Waals surface area contributed by atoms with Crippen LogP contribution in [0.25, 0.3) is 5.95 Å². The number of nitrogen functional groups attached to an aromatic ring is 1. The lowest BCUT2D eigenvalue weighted by Gasteiger charge is -2.02. The van der Waals surface area contributed by atoms with Crippen LogP contribution < -0.4 is 5.73 Å². The quantitative estimate of drug-likeness (QED) is 0.705. The van der Waals surface area contributed by atoms with Gasteiger partial charge in [-0.15, -0.1) is 0 Å². The number of aromatic amines is 1. The van der Waals surface area contributed by atoms with E-state index in [2.05, 4.69) is 30.0 Å². The maximum Gasteiger partial charge on any atom is 0.256 e. The molecule has 3 N–H and O–H groups in total. The molecule has 0 bridgehead atoms. The van der Waals surface area contributed by atoms with Crippen LogP contribution in [0.5, 0.6) is 0 Å². The first-order valence-corrected chi connectivity index (χ1v) is 5.82. The number of H-pyrrole nitrogens is 1. The van der Waals surface area contributed by atoms with Crippen molar-refractivity contribution in [2.24, 2.45) is 0 Å². The summed E-state index contributed by atoms with van der Waals surface area (Å²) >= 11 is 1.27. The van der Waals surface area contributed by atoms with E-state index in [1.165, 1.54) is 16.4 Å². The van der Waals surface area contributed by atoms with Crippen LogP contribution in [-0.2, 0) is 0 Å². The van der Waals surface area contributed by atoms with Gasteiger partial charge in [-0.3, -0.25) is 0 Å². The number of nitrogens with two attached hydrogens (primary N) is 1. The number of anilines is 1. The van der Waals surface area contributed by atoms with Crippen molar-refractivity contribution in [3.05, 3.63) is 30.9 Å². The third-order valence-corrected chi connectivity index (χ3v) is 2.77. The van der Waals surface area contributed by atoms with E-state index in [0.29, 0.717) is 16.3 Å². The maximum atomic E-state index is 5.65. The van der Waals surface area contributed by atoms with E-state index in [4.69, 9.17) is 5.73 Å². The van der Waals surface area contributed by atoms with Gasteiger partial charge in [0.2, 0.25) is 11.1 Å². The first kappa shape index (κ1) is 10.7. The molecule has 90 valence electrons. The second-order valence-electron chi connectivity index (χ2n) is 3.22. The SMILES string of the molecule is Nc1nc(Sc2ncc[nH]2)nc(-n2cccn2)n1. The molecule has 0 atom stereocenters. The molecule has 0 fully saturated rings. The van der Waals surface area contributed by atoms with E-state index in [1.54, 1.807) is 30.9 Å². The van der Waals surface area contributed by atoms with Crippen LogP contribution >= 0.6 is 11.8 Å². The molecule has 0 aliphatic rings. The molecular formula is C9H8N8S. The number of hydrogen-bond acceptors (Lipinski definition) is 7. The standard InChI is InChI=1S/C9H8N8S/c10-6-14-7(17-5-1-2-13-17)16-9(15-6)18-8-11-3-4-12-8/h1-5H,(H,11,12)(H2,10,14,15,16). The predicted molar refractivity (Wildman–Crippen MR) is 64.1 cm³/mol. The lowest BCUT2D eigenvalue weighted by molar-refractivity contribution is 0.763. The van der Waals surface area contributed by atoms with Gasteiger partial charge in [-0.2, -0.15) is 20.1 Å². The van der Waals surface area contributed by atoms with Gasteiger partial charge in [0.05, 0.1) is 0 Å². The predicted octanol–water partition coefficient (Wildman–Crippen LogP) is 0.514. The van der Waals surface area contributed by atoms with Crippen molar-refractivity contribution < 1.29 is 0 Å². The molecule has 0 aliphatic carbocycles. The molecular weight excluding hydrogens is 252 g/mol. The third-order valence-electron chi connectivity index (χ3n) is 1.99. The van der Waals surface area contributed by atoms with Crippen molar-refractivity contribution in [1.82, 2.24) is 34.7 Å². The zero-order chi connectivity index (χ0) is 12.4. The van der Waals surface area contributed by atoms with Crippen LogP contribution in [0.2, 0.25) is 0 Å². The Labute approximate surface area is 106 Å². The number of rotatable bonds is 3. The van der Waals surface area contributed by atoms with Crippen molar-refractivity contribution in [2.45, 2.75) is 10.3 Å². The van der Waals surface area contributed by atoms with E-state index in [0.717, 1.165) is 0 Å². The Morgan fingerprint density at radius 2 is 2.17 bits per heavy atom. The summed E-state index contributed by atoms with van der Waals surface area (Å²) in [7, 11) is 0. The van der Waals surface area contributed by atoms with Crippen LogP contribution in [0.3, 0.4) is 0 Å². The minimum Gasteiger partial charge on any atom is -0.368 e. The zero-order valence-corrected chi connectivity index (χ0v) is 9.87. The number of imidazole rings is 1. The fraction of sp³-hybridized carbons (Fsp3) is 0. The molecule has 18 heavy (non-hydrogen) atoms. The third kappa shape index (κ3) is 2.15. The van der Waals surface area contributed by atoms with Gasteiger partial charge in [-0.1, -0.05) is 0 Å². The van der Waals surface area contributed by atoms with Gasteiger partial charge in [0, 0.05) is 24.8 Å². The van der Waals surface area contributed by atoms with E-state index in [9.17, 15) is 0 Å². The Balaban J connectivity index is 1.96. The molecule has 8 nitrogen and oxygen atoms in total. The average Bonchev–Trinajstić information content (AvgIpc) is 3.00. The largest absolute Gasteiger partial charge is 0.368 e. The summed E-state index contributed by atoms with van der Waals surface area (Å²) in [5.41, 5.74) is 5.65. The Morgan fingerprint density at radius 3 is 2.89 bits per heavy atom. The number of nitrogens with zero attached hydrogens (tertiary/aromatic N) is 6. The topological polar surface area (TPSA) is 111 Å². The van der Waals surface area contributed by atoms with Gasteiger partial charge < -0.3 is 10.7 Å². The van der Waals surface area contributed by atoms with Gasteiger partial charge in [0.25, 0.3) is 5.95 Å². The van der Waals surface area contributed by atoms with Crippen LogP contribution in [0.1, 0.15) is 0 Å². The Hall–Kier alpha value is -2.42. The number of hydrogen-bond donors (Lipinski definition) is 2. The van der Waals surface area contributed by atoms with E-state index in [1.807, 2.05) is 0 Å². The molecule has 0 radical (unpaired) electrons. The minimum absolute atomic E-state index is 0.143. The van der Waals surface area contributed by atoms with Gasteiger partial charge >= 0.3 is 0 Å². The summed E-state index contributed by atoms with van der Waals surface area (Å²) in [6.45, 7) is 0. The van der Waals surface area contributed by atoms with Crippen molar-refractivity contribution in [1.29, 1.82) is 0 Å². The summed E-state index contributed by atoms with van der Waals surface area (Å²) in [6, 6.07) is 1.78. The molecule has 0 spiro atoms. The van der Waals surface area contributed by atoms with E-state index >= 15 is 0 Å². The number of aromatic nitrogens is 7. The Morgan fingerprint density at radius 1 is 1.22 bits per heavy atom.